The second kappa shape index (κ2) is 8.05. The van der Waals surface area contributed by atoms with Crippen molar-refractivity contribution < 1.29 is 4.79 Å². The summed E-state index contributed by atoms with van der Waals surface area (Å²) in [6.07, 6.45) is 1.95. The monoisotopic (exact) mass is 276 g/mol. The molecule has 0 radical (unpaired) electrons. The second-order valence-corrected chi connectivity index (χ2v) is 5.49. The molecule has 0 aliphatic rings. The number of aryl methyl sites for hydroxylation is 1. The summed E-state index contributed by atoms with van der Waals surface area (Å²) < 4.78 is 0. The summed E-state index contributed by atoms with van der Waals surface area (Å²) in [4.78, 5) is 12.1. The summed E-state index contributed by atoms with van der Waals surface area (Å²) >= 11 is 0. The Kier molecular flexibility index (Phi) is 6.73. The van der Waals surface area contributed by atoms with Crippen LogP contribution < -0.4 is 10.6 Å². The van der Waals surface area contributed by atoms with Gasteiger partial charge in [-0.2, -0.15) is 0 Å². The van der Waals surface area contributed by atoms with Gasteiger partial charge in [0.15, 0.2) is 0 Å². The van der Waals surface area contributed by atoms with E-state index >= 15 is 0 Å². The van der Waals surface area contributed by atoms with Gasteiger partial charge in [-0.15, -0.1) is 0 Å². The Labute approximate surface area is 123 Å². The zero-order chi connectivity index (χ0) is 15.1. The van der Waals surface area contributed by atoms with Gasteiger partial charge in [0, 0.05) is 12.1 Å². The topological polar surface area (TPSA) is 41.1 Å². The van der Waals surface area contributed by atoms with Crippen molar-refractivity contribution in [2.75, 3.05) is 0 Å². The van der Waals surface area contributed by atoms with Crippen LogP contribution in [0.3, 0.4) is 0 Å². The van der Waals surface area contributed by atoms with Crippen LogP contribution >= 0.6 is 0 Å². The Bertz CT molecular complexity index is 427. The zero-order valence-corrected chi connectivity index (χ0v) is 13.4. The average Bonchev–Trinajstić information content (AvgIpc) is 2.44. The molecule has 0 fully saturated rings. The first kappa shape index (κ1) is 16.7. The smallest absolute Gasteiger partial charge is 0.237 e. The molecular formula is C17H28N2O. The van der Waals surface area contributed by atoms with Crippen LogP contribution in [0.2, 0.25) is 0 Å². The normalized spacial score (nSPS) is 14.1. The highest BCUT2D eigenvalue weighted by Gasteiger charge is 2.18. The molecule has 20 heavy (non-hydrogen) atoms. The Morgan fingerprint density at radius 3 is 2.30 bits per heavy atom. The number of carbonyl (C=O) groups excluding carboxylic acids is 1. The second-order valence-electron chi connectivity index (χ2n) is 5.49. The van der Waals surface area contributed by atoms with Gasteiger partial charge in [-0.25, -0.2) is 0 Å². The molecule has 0 spiro atoms. The molecule has 0 saturated heterocycles. The molecule has 1 amide bonds. The van der Waals surface area contributed by atoms with Gasteiger partial charge in [0.05, 0.1) is 6.04 Å². The lowest BCUT2D eigenvalue weighted by atomic mass is 10.0. The van der Waals surface area contributed by atoms with E-state index in [9.17, 15) is 4.79 Å². The van der Waals surface area contributed by atoms with Crippen molar-refractivity contribution in [1.82, 2.24) is 10.6 Å². The molecule has 0 bridgehead atoms. The predicted molar refractivity (Wildman–Crippen MR) is 84.7 cm³/mol. The van der Waals surface area contributed by atoms with Gasteiger partial charge >= 0.3 is 0 Å². The molecule has 0 aliphatic carbocycles. The predicted octanol–water partition coefficient (Wildman–Crippen LogP) is 3.34. The molecule has 0 aliphatic heterocycles. The first-order valence-electron chi connectivity index (χ1n) is 7.61. The average molecular weight is 276 g/mol. The fraction of sp³-hybridized carbons (Fsp3) is 0.588. The highest BCUT2D eigenvalue weighted by Crippen LogP contribution is 2.17. The minimum absolute atomic E-state index is 0.0825. The van der Waals surface area contributed by atoms with Crippen LogP contribution in [-0.2, 0) is 4.79 Å². The van der Waals surface area contributed by atoms with Gasteiger partial charge in [0.1, 0.15) is 0 Å². The van der Waals surface area contributed by atoms with Crippen molar-refractivity contribution in [3.63, 3.8) is 0 Å². The summed E-state index contributed by atoms with van der Waals surface area (Å²) in [5.41, 5.74) is 2.50. The molecule has 1 aromatic rings. The van der Waals surface area contributed by atoms with E-state index in [0.29, 0.717) is 0 Å². The first-order chi connectivity index (χ1) is 9.49. The van der Waals surface area contributed by atoms with Gasteiger partial charge in [0.25, 0.3) is 0 Å². The minimum Gasteiger partial charge on any atom is -0.352 e. The number of nitrogens with one attached hydrogen (secondary N) is 2. The zero-order valence-electron chi connectivity index (χ0n) is 13.4. The fourth-order valence-corrected chi connectivity index (χ4v) is 2.43. The van der Waals surface area contributed by atoms with E-state index in [1.807, 2.05) is 19.1 Å². The van der Waals surface area contributed by atoms with E-state index in [1.165, 1.54) is 11.1 Å². The Morgan fingerprint density at radius 2 is 1.75 bits per heavy atom. The van der Waals surface area contributed by atoms with Crippen LogP contribution in [0, 0.1) is 6.92 Å². The summed E-state index contributed by atoms with van der Waals surface area (Å²) in [5, 5.41) is 6.46. The number of benzene rings is 1. The molecule has 1 rings (SSSR count). The molecule has 0 heterocycles. The molecule has 2 N–H and O–H groups in total. The molecule has 1 unspecified atom stereocenters. The lowest BCUT2D eigenvalue weighted by Gasteiger charge is -2.23. The largest absolute Gasteiger partial charge is 0.352 e. The maximum absolute atomic E-state index is 12.1. The Morgan fingerprint density at radius 1 is 1.15 bits per heavy atom. The van der Waals surface area contributed by atoms with Gasteiger partial charge < -0.3 is 5.32 Å². The van der Waals surface area contributed by atoms with Crippen molar-refractivity contribution in [2.24, 2.45) is 0 Å². The molecule has 2 atom stereocenters. The van der Waals surface area contributed by atoms with Crippen LogP contribution in [-0.4, -0.2) is 18.0 Å². The molecule has 112 valence electrons. The summed E-state index contributed by atoms with van der Waals surface area (Å²) in [6, 6.07) is 8.54. The van der Waals surface area contributed by atoms with E-state index in [-0.39, 0.29) is 24.0 Å². The third-order valence-corrected chi connectivity index (χ3v) is 3.88. The highest BCUT2D eigenvalue weighted by molar-refractivity contribution is 5.81. The van der Waals surface area contributed by atoms with Gasteiger partial charge in [-0.1, -0.05) is 38.1 Å². The van der Waals surface area contributed by atoms with E-state index in [1.54, 1.807) is 0 Å². The van der Waals surface area contributed by atoms with E-state index in [2.05, 4.69) is 50.5 Å². The van der Waals surface area contributed by atoms with E-state index in [4.69, 9.17) is 0 Å². The number of amides is 1. The number of carbonyl (C=O) groups is 1. The third kappa shape index (κ3) is 4.64. The minimum atomic E-state index is -0.190. The third-order valence-electron chi connectivity index (χ3n) is 3.88. The van der Waals surface area contributed by atoms with Crippen LogP contribution in [0.4, 0.5) is 0 Å². The molecule has 3 heteroatoms. The molecule has 3 nitrogen and oxygen atoms in total. The maximum Gasteiger partial charge on any atom is 0.237 e. The van der Waals surface area contributed by atoms with Crippen LogP contribution in [0.15, 0.2) is 24.3 Å². The van der Waals surface area contributed by atoms with Crippen LogP contribution in [0.1, 0.15) is 57.7 Å². The Hall–Kier alpha value is -1.35. The number of hydrogen-bond acceptors (Lipinski definition) is 2. The van der Waals surface area contributed by atoms with Gasteiger partial charge in [0.2, 0.25) is 5.91 Å². The van der Waals surface area contributed by atoms with Crippen molar-refractivity contribution >= 4 is 5.91 Å². The van der Waals surface area contributed by atoms with Crippen molar-refractivity contribution in [2.45, 2.75) is 65.6 Å². The standard InChI is InChI=1S/C17H28N2O/c1-6-15(7-2)19-17(20)14(5)18-13(4)16-11-9-8-10-12(16)3/h8-11,13-15,18H,6-7H2,1-5H3,(H,19,20)/t13-,14?/m1/s1. The summed E-state index contributed by atoms with van der Waals surface area (Å²) in [7, 11) is 0. The molecule has 1 aromatic carbocycles. The van der Waals surface area contributed by atoms with E-state index < -0.39 is 0 Å². The number of hydrogen-bond donors (Lipinski definition) is 2. The Balaban J connectivity index is 2.59. The molecule has 0 saturated carbocycles. The first-order valence-corrected chi connectivity index (χ1v) is 7.61. The SMILES string of the molecule is CCC(CC)NC(=O)C(C)N[C@H](C)c1ccccc1C. The van der Waals surface area contributed by atoms with Gasteiger partial charge in [-0.05, 0) is 44.7 Å². The van der Waals surface area contributed by atoms with Crippen molar-refractivity contribution in [3.05, 3.63) is 35.4 Å². The maximum atomic E-state index is 12.1. The molecule has 0 aromatic heterocycles. The lowest BCUT2D eigenvalue weighted by molar-refractivity contribution is -0.123. The quantitative estimate of drug-likeness (QED) is 0.802. The van der Waals surface area contributed by atoms with Crippen LogP contribution in [0.5, 0.6) is 0 Å². The van der Waals surface area contributed by atoms with Gasteiger partial charge in [-0.3, -0.25) is 10.1 Å². The lowest BCUT2D eigenvalue weighted by Crippen LogP contribution is -2.46. The summed E-state index contributed by atoms with van der Waals surface area (Å²) in [5.74, 6) is 0.0825. The fourth-order valence-electron chi connectivity index (χ4n) is 2.43. The molecular weight excluding hydrogens is 248 g/mol. The van der Waals surface area contributed by atoms with Crippen LogP contribution in [0.25, 0.3) is 0 Å². The highest BCUT2D eigenvalue weighted by atomic mass is 16.2. The summed E-state index contributed by atoms with van der Waals surface area (Å²) in [6.45, 7) is 10.3. The van der Waals surface area contributed by atoms with E-state index in [0.717, 1.165) is 12.8 Å². The number of rotatable bonds is 7. The van der Waals surface area contributed by atoms with Crippen molar-refractivity contribution in [3.8, 4) is 0 Å². The van der Waals surface area contributed by atoms with Crippen molar-refractivity contribution in [1.29, 1.82) is 0 Å².